The smallest absolute Gasteiger partial charge is 0.191 e. The molecule has 0 bridgehead atoms. The van der Waals surface area contributed by atoms with Gasteiger partial charge in [0.15, 0.2) is 11.0 Å². The van der Waals surface area contributed by atoms with Crippen LogP contribution in [0.25, 0.3) is 11.4 Å². The molecule has 6 heteroatoms. The molecule has 2 aromatic rings. The first-order valence-electron chi connectivity index (χ1n) is 6.68. The molecule has 1 aliphatic rings. The van der Waals surface area contributed by atoms with E-state index in [1.54, 1.807) is 23.9 Å². The van der Waals surface area contributed by atoms with E-state index < -0.39 is 0 Å². The Hall–Kier alpha value is -1.53. The fraction of sp³-hybridized carbons (Fsp3) is 0.429. The van der Waals surface area contributed by atoms with Gasteiger partial charge < -0.3 is 14.4 Å². The molecule has 0 unspecified atom stereocenters. The van der Waals surface area contributed by atoms with Crippen LogP contribution in [-0.2, 0) is 11.8 Å². The first-order chi connectivity index (χ1) is 9.75. The van der Waals surface area contributed by atoms with Gasteiger partial charge in [0, 0.05) is 19.4 Å². The lowest BCUT2D eigenvalue weighted by molar-refractivity contribution is 0.129. The molecule has 1 fully saturated rings. The van der Waals surface area contributed by atoms with E-state index in [1.807, 2.05) is 23.7 Å². The van der Waals surface area contributed by atoms with Crippen molar-refractivity contribution in [2.75, 3.05) is 12.4 Å². The molecule has 0 spiro atoms. The summed E-state index contributed by atoms with van der Waals surface area (Å²) in [5.41, 5.74) is 0.700. The number of aromatic hydroxyl groups is 1. The molecule has 106 valence electrons. The molecule has 1 N–H and O–H groups in total. The maximum atomic E-state index is 9.89. The number of phenols is 1. The Morgan fingerprint density at radius 3 is 3.00 bits per heavy atom. The van der Waals surface area contributed by atoms with Gasteiger partial charge in [0.2, 0.25) is 0 Å². The Kier molecular flexibility index (Phi) is 3.93. The molecule has 2 heterocycles. The van der Waals surface area contributed by atoms with E-state index in [1.165, 1.54) is 0 Å². The summed E-state index contributed by atoms with van der Waals surface area (Å²) >= 11 is 1.65. The monoisotopic (exact) mass is 291 g/mol. The molecule has 20 heavy (non-hydrogen) atoms. The van der Waals surface area contributed by atoms with Gasteiger partial charge in [-0.15, -0.1) is 10.2 Å². The van der Waals surface area contributed by atoms with E-state index in [-0.39, 0.29) is 5.75 Å². The Labute approximate surface area is 122 Å². The zero-order valence-corrected chi connectivity index (χ0v) is 12.1. The van der Waals surface area contributed by atoms with Gasteiger partial charge in [0.1, 0.15) is 5.75 Å². The zero-order valence-electron chi connectivity index (χ0n) is 11.3. The number of para-hydroxylation sites is 1. The third kappa shape index (κ3) is 2.66. The minimum Gasteiger partial charge on any atom is -0.507 e. The van der Waals surface area contributed by atoms with Gasteiger partial charge in [0.25, 0.3) is 0 Å². The Morgan fingerprint density at radius 1 is 1.40 bits per heavy atom. The zero-order chi connectivity index (χ0) is 13.9. The van der Waals surface area contributed by atoms with Crippen LogP contribution in [0.4, 0.5) is 0 Å². The SMILES string of the molecule is Cn1c(SC[C@@H]2CCCO2)nnc1-c1ccccc1O. The van der Waals surface area contributed by atoms with Crippen molar-refractivity contribution < 1.29 is 9.84 Å². The molecule has 0 saturated carbocycles. The number of thioether (sulfide) groups is 1. The number of aromatic nitrogens is 3. The van der Waals surface area contributed by atoms with Crippen molar-refractivity contribution in [1.29, 1.82) is 0 Å². The number of hydrogen-bond donors (Lipinski definition) is 1. The number of phenolic OH excluding ortho intramolecular Hbond substituents is 1. The molecule has 1 saturated heterocycles. The van der Waals surface area contributed by atoms with Crippen molar-refractivity contribution >= 4 is 11.8 Å². The number of benzene rings is 1. The summed E-state index contributed by atoms with van der Waals surface area (Å²) in [6, 6.07) is 7.17. The van der Waals surface area contributed by atoms with Gasteiger partial charge in [-0.25, -0.2) is 0 Å². The molecule has 1 aliphatic heterocycles. The fourth-order valence-electron chi connectivity index (χ4n) is 2.28. The van der Waals surface area contributed by atoms with Gasteiger partial charge in [-0.3, -0.25) is 0 Å². The summed E-state index contributed by atoms with van der Waals surface area (Å²) in [4.78, 5) is 0. The lowest BCUT2D eigenvalue weighted by Gasteiger charge is -2.08. The molecule has 1 atom stereocenters. The van der Waals surface area contributed by atoms with Crippen molar-refractivity contribution in [1.82, 2.24) is 14.8 Å². The second-order valence-corrected chi connectivity index (χ2v) is 5.82. The molecule has 0 amide bonds. The first kappa shape index (κ1) is 13.5. The third-order valence-corrected chi connectivity index (χ3v) is 4.55. The average molecular weight is 291 g/mol. The summed E-state index contributed by atoms with van der Waals surface area (Å²) in [5.74, 6) is 1.80. The van der Waals surface area contributed by atoms with Gasteiger partial charge >= 0.3 is 0 Å². The van der Waals surface area contributed by atoms with Crippen LogP contribution < -0.4 is 0 Å². The summed E-state index contributed by atoms with van der Waals surface area (Å²) < 4.78 is 7.52. The molecule has 1 aromatic heterocycles. The standard InChI is InChI=1S/C14H17N3O2S/c1-17-13(11-6-2-3-7-12(11)18)15-16-14(17)20-9-10-5-4-8-19-10/h2-3,6-7,10,18H,4-5,8-9H2,1H3/t10-/m0/s1. The quantitative estimate of drug-likeness (QED) is 0.877. The fourth-order valence-corrected chi connectivity index (χ4v) is 3.26. The van der Waals surface area contributed by atoms with Crippen molar-refractivity contribution in [2.24, 2.45) is 7.05 Å². The van der Waals surface area contributed by atoms with E-state index >= 15 is 0 Å². The highest BCUT2D eigenvalue weighted by Crippen LogP contribution is 2.30. The molecular weight excluding hydrogens is 274 g/mol. The van der Waals surface area contributed by atoms with Crippen LogP contribution >= 0.6 is 11.8 Å². The third-order valence-electron chi connectivity index (χ3n) is 3.40. The van der Waals surface area contributed by atoms with E-state index in [0.717, 1.165) is 30.4 Å². The van der Waals surface area contributed by atoms with Gasteiger partial charge in [-0.05, 0) is 25.0 Å². The predicted molar refractivity (Wildman–Crippen MR) is 77.8 cm³/mol. The maximum Gasteiger partial charge on any atom is 0.191 e. The average Bonchev–Trinajstić information content (AvgIpc) is 3.07. The van der Waals surface area contributed by atoms with Crippen molar-refractivity contribution in [2.45, 2.75) is 24.1 Å². The Bertz CT molecular complexity index is 594. The minimum atomic E-state index is 0.221. The summed E-state index contributed by atoms with van der Waals surface area (Å²) in [6.45, 7) is 0.868. The number of rotatable bonds is 4. The minimum absolute atomic E-state index is 0.221. The van der Waals surface area contributed by atoms with Crippen LogP contribution in [0.3, 0.4) is 0 Å². The highest BCUT2D eigenvalue weighted by Gasteiger charge is 2.18. The van der Waals surface area contributed by atoms with Crippen LogP contribution in [0, 0.1) is 0 Å². The second kappa shape index (κ2) is 5.85. The highest BCUT2D eigenvalue weighted by atomic mass is 32.2. The predicted octanol–water partition coefficient (Wildman–Crippen LogP) is 2.46. The maximum absolute atomic E-state index is 9.89. The van der Waals surface area contributed by atoms with Crippen molar-refractivity contribution in [3.05, 3.63) is 24.3 Å². The summed E-state index contributed by atoms with van der Waals surface area (Å²) in [6.07, 6.45) is 2.59. The van der Waals surface area contributed by atoms with Crippen LogP contribution in [0.2, 0.25) is 0 Å². The summed E-state index contributed by atoms with van der Waals surface area (Å²) in [7, 11) is 1.92. The summed E-state index contributed by atoms with van der Waals surface area (Å²) in [5, 5.41) is 19.1. The molecule has 1 aromatic carbocycles. The Morgan fingerprint density at radius 2 is 2.25 bits per heavy atom. The van der Waals surface area contributed by atoms with Crippen molar-refractivity contribution in [3.63, 3.8) is 0 Å². The van der Waals surface area contributed by atoms with Gasteiger partial charge in [-0.1, -0.05) is 23.9 Å². The lowest BCUT2D eigenvalue weighted by atomic mass is 10.2. The molecule has 3 rings (SSSR count). The van der Waals surface area contributed by atoms with E-state index in [2.05, 4.69) is 10.2 Å². The van der Waals surface area contributed by atoms with Gasteiger partial charge in [-0.2, -0.15) is 0 Å². The normalized spacial score (nSPS) is 18.6. The second-order valence-electron chi connectivity index (χ2n) is 4.83. The topological polar surface area (TPSA) is 60.2 Å². The molecule has 5 nitrogen and oxygen atoms in total. The Balaban J connectivity index is 1.76. The molecule has 0 radical (unpaired) electrons. The number of hydrogen-bond acceptors (Lipinski definition) is 5. The number of ether oxygens (including phenoxy) is 1. The van der Waals surface area contributed by atoms with Crippen LogP contribution in [-0.4, -0.2) is 38.3 Å². The van der Waals surface area contributed by atoms with E-state index in [4.69, 9.17) is 4.74 Å². The van der Waals surface area contributed by atoms with Crippen molar-refractivity contribution in [3.8, 4) is 17.1 Å². The largest absolute Gasteiger partial charge is 0.507 e. The van der Waals surface area contributed by atoms with Gasteiger partial charge in [0.05, 0.1) is 11.7 Å². The lowest BCUT2D eigenvalue weighted by Crippen LogP contribution is -2.08. The highest BCUT2D eigenvalue weighted by molar-refractivity contribution is 7.99. The van der Waals surface area contributed by atoms with E-state index in [9.17, 15) is 5.11 Å². The van der Waals surface area contributed by atoms with E-state index in [0.29, 0.717) is 17.5 Å². The van der Waals surface area contributed by atoms with Crippen LogP contribution in [0.15, 0.2) is 29.4 Å². The number of nitrogens with zero attached hydrogens (tertiary/aromatic N) is 3. The molecular formula is C14H17N3O2S. The first-order valence-corrected chi connectivity index (χ1v) is 7.66. The van der Waals surface area contributed by atoms with Crippen LogP contribution in [0.5, 0.6) is 5.75 Å². The molecule has 0 aliphatic carbocycles. The van der Waals surface area contributed by atoms with Crippen LogP contribution in [0.1, 0.15) is 12.8 Å².